The Kier molecular flexibility index (Phi) is 2.67. The molecule has 0 radical (unpaired) electrons. The van der Waals surface area contributed by atoms with Crippen molar-refractivity contribution in [2.45, 2.75) is 37.8 Å². The number of nitrogens with zero attached hydrogens (tertiary/aromatic N) is 2. The average molecular weight is 272 g/mol. The molecule has 1 aliphatic carbocycles. The molecule has 4 rings (SSSR count). The molecule has 1 N–H and O–H groups in total. The van der Waals surface area contributed by atoms with Crippen molar-refractivity contribution >= 4 is 0 Å². The molecule has 1 aliphatic heterocycles. The second-order valence-corrected chi connectivity index (χ2v) is 5.88. The number of imidazole rings is 1. The van der Waals surface area contributed by atoms with Crippen molar-refractivity contribution in [3.8, 4) is 11.3 Å². The van der Waals surface area contributed by atoms with Crippen molar-refractivity contribution < 1.29 is 9.50 Å². The Morgan fingerprint density at radius 1 is 1.25 bits per heavy atom. The first kappa shape index (κ1) is 12.1. The van der Waals surface area contributed by atoms with E-state index in [1.165, 1.54) is 6.07 Å². The topological polar surface area (TPSA) is 38.1 Å². The molecule has 1 aromatic carbocycles. The molecule has 1 fully saturated rings. The summed E-state index contributed by atoms with van der Waals surface area (Å²) in [5, 5.41) is 10.4. The lowest BCUT2D eigenvalue weighted by Gasteiger charge is -2.33. The van der Waals surface area contributed by atoms with E-state index in [1.54, 1.807) is 18.6 Å². The molecule has 3 nitrogen and oxygen atoms in total. The number of aliphatic hydroxyl groups excluding tert-OH is 1. The van der Waals surface area contributed by atoms with E-state index in [4.69, 9.17) is 0 Å². The third kappa shape index (κ3) is 1.64. The number of aliphatic hydroxyl groups is 1. The zero-order chi connectivity index (χ0) is 13.7. The van der Waals surface area contributed by atoms with E-state index < -0.39 is 0 Å². The Morgan fingerprint density at radius 3 is 2.95 bits per heavy atom. The normalized spacial score (nSPS) is 28.2. The Bertz CT molecular complexity index is 652. The van der Waals surface area contributed by atoms with Crippen molar-refractivity contribution in [1.82, 2.24) is 9.55 Å². The fourth-order valence-electron chi connectivity index (χ4n) is 3.84. The molecule has 4 heteroatoms. The van der Waals surface area contributed by atoms with Crippen molar-refractivity contribution in [2.75, 3.05) is 0 Å². The van der Waals surface area contributed by atoms with Gasteiger partial charge in [0, 0.05) is 11.5 Å². The molecule has 2 aliphatic rings. The molecule has 0 unspecified atom stereocenters. The standard InChI is InChI=1S/C16H17FN2O/c17-10-5-6-11-13(7-10)14-8-18-9-19(14)16(11)12-3-1-2-4-15(12)20/h5-9,12,15-16,20H,1-4H2/t12-,15-,16+/m0/s1. The van der Waals surface area contributed by atoms with Crippen molar-refractivity contribution in [1.29, 1.82) is 0 Å². The van der Waals surface area contributed by atoms with Crippen LogP contribution in [0, 0.1) is 11.7 Å². The third-order valence-corrected chi connectivity index (χ3v) is 4.76. The minimum absolute atomic E-state index is 0.0957. The number of fused-ring (bicyclic) bond motifs is 3. The van der Waals surface area contributed by atoms with Crippen LogP contribution in [0.5, 0.6) is 0 Å². The quantitative estimate of drug-likeness (QED) is 0.866. The van der Waals surface area contributed by atoms with Gasteiger partial charge in [-0.3, -0.25) is 0 Å². The highest BCUT2D eigenvalue weighted by molar-refractivity contribution is 5.69. The Hall–Kier alpha value is -1.68. The third-order valence-electron chi connectivity index (χ3n) is 4.76. The highest BCUT2D eigenvalue weighted by Gasteiger charge is 2.38. The summed E-state index contributed by atoms with van der Waals surface area (Å²) >= 11 is 0. The van der Waals surface area contributed by atoms with Crippen LogP contribution in [0.1, 0.15) is 37.3 Å². The molecule has 104 valence electrons. The van der Waals surface area contributed by atoms with Gasteiger partial charge in [0.2, 0.25) is 0 Å². The number of rotatable bonds is 1. The maximum absolute atomic E-state index is 13.5. The van der Waals surface area contributed by atoms with Gasteiger partial charge in [0.05, 0.1) is 30.4 Å². The highest BCUT2D eigenvalue weighted by atomic mass is 19.1. The molecule has 0 bridgehead atoms. The van der Waals surface area contributed by atoms with Crippen molar-refractivity contribution in [3.63, 3.8) is 0 Å². The van der Waals surface area contributed by atoms with E-state index in [0.29, 0.717) is 0 Å². The highest BCUT2D eigenvalue weighted by Crippen LogP contribution is 2.47. The van der Waals surface area contributed by atoms with Gasteiger partial charge in [0.25, 0.3) is 0 Å². The Labute approximate surface area is 117 Å². The van der Waals surface area contributed by atoms with Crippen LogP contribution in [0.25, 0.3) is 11.3 Å². The molecule has 3 atom stereocenters. The monoisotopic (exact) mass is 272 g/mol. The number of hydrogen-bond donors (Lipinski definition) is 1. The summed E-state index contributed by atoms with van der Waals surface area (Å²) in [6.45, 7) is 0. The van der Waals surface area contributed by atoms with Gasteiger partial charge in [-0.1, -0.05) is 18.9 Å². The van der Waals surface area contributed by atoms with Crippen LogP contribution in [-0.2, 0) is 0 Å². The second-order valence-electron chi connectivity index (χ2n) is 5.88. The van der Waals surface area contributed by atoms with E-state index in [0.717, 1.165) is 42.5 Å². The second kappa shape index (κ2) is 4.42. The summed E-state index contributed by atoms with van der Waals surface area (Å²) in [6, 6.07) is 5.06. The van der Waals surface area contributed by atoms with Gasteiger partial charge < -0.3 is 9.67 Å². The predicted molar refractivity (Wildman–Crippen MR) is 73.7 cm³/mol. The van der Waals surface area contributed by atoms with Crippen LogP contribution in [0.15, 0.2) is 30.7 Å². The first-order valence-electron chi connectivity index (χ1n) is 7.25. The first-order valence-corrected chi connectivity index (χ1v) is 7.25. The smallest absolute Gasteiger partial charge is 0.123 e. The zero-order valence-electron chi connectivity index (χ0n) is 11.2. The fourth-order valence-corrected chi connectivity index (χ4v) is 3.84. The van der Waals surface area contributed by atoms with Crippen LogP contribution in [-0.4, -0.2) is 20.8 Å². The predicted octanol–water partition coefficient (Wildman–Crippen LogP) is 3.14. The van der Waals surface area contributed by atoms with Crippen LogP contribution in [0.4, 0.5) is 4.39 Å². The van der Waals surface area contributed by atoms with Crippen LogP contribution in [0.3, 0.4) is 0 Å². The molecule has 0 amide bonds. The largest absolute Gasteiger partial charge is 0.393 e. The molecule has 2 heterocycles. The number of benzene rings is 1. The van der Waals surface area contributed by atoms with E-state index >= 15 is 0 Å². The first-order chi connectivity index (χ1) is 9.75. The SMILES string of the molecule is O[C@H]1CCCC[C@@H]1[C@H]1c2ccc(F)cc2-c2cncn21. The summed E-state index contributed by atoms with van der Waals surface area (Å²) in [7, 11) is 0. The number of halogens is 1. The summed E-state index contributed by atoms with van der Waals surface area (Å²) < 4.78 is 15.6. The zero-order valence-corrected chi connectivity index (χ0v) is 11.2. The average Bonchev–Trinajstić information content (AvgIpc) is 3.00. The maximum atomic E-state index is 13.5. The molecule has 20 heavy (non-hydrogen) atoms. The van der Waals surface area contributed by atoms with E-state index in [-0.39, 0.29) is 23.9 Å². The molecule has 1 saturated carbocycles. The molecule has 2 aromatic rings. The van der Waals surface area contributed by atoms with Gasteiger partial charge in [-0.15, -0.1) is 0 Å². The van der Waals surface area contributed by atoms with Crippen molar-refractivity contribution in [3.05, 3.63) is 42.1 Å². The molecular weight excluding hydrogens is 255 g/mol. The maximum Gasteiger partial charge on any atom is 0.123 e. The van der Waals surface area contributed by atoms with Crippen LogP contribution < -0.4 is 0 Å². The summed E-state index contributed by atoms with van der Waals surface area (Å²) in [5.41, 5.74) is 3.00. The molecular formula is C16H17FN2O. The van der Waals surface area contributed by atoms with Gasteiger partial charge in [0.1, 0.15) is 5.82 Å². The number of aromatic nitrogens is 2. The lowest BCUT2D eigenvalue weighted by Crippen LogP contribution is -2.31. The van der Waals surface area contributed by atoms with Crippen LogP contribution in [0.2, 0.25) is 0 Å². The summed E-state index contributed by atoms with van der Waals surface area (Å²) in [5.74, 6) is -0.0234. The van der Waals surface area contributed by atoms with E-state index in [1.807, 2.05) is 6.07 Å². The minimum atomic E-state index is -0.278. The fraction of sp³-hybridized carbons (Fsp3) is 0.438. The lowest BCUT2D eigenvalue weighted by molar-refractivity contribution is 0.0504. The van der Waals surface area contributed by atoms with E-state index in [2.05, 4.69) is 9.55 Å². The summed E-state index contributed by atoms with van der Waals surface area (Å²) in [4.78, 5) is 4.20. The van der Waals surface area contributed by atoms with Gasteiger partial charge in [0.15, 0.2) is 0 Å². The Morgan fingerprint density at radius 2 is 2.10 bits per heavy atom. The van der Waals surface area contributed by atoms with Gasteiger partial charge in [-0.2, -0.15) is 0 Å². The van der Waals surface area contributed by atoms with E-state index in [9.17, 15) is 9.50 Å². The minimum Gasteiger partial charge on any atom is -0.393 e. The van der Waals surface area contributed by atoms with Crippen LogP contribution >= 0.6 is 0 Å². The summed E-state index contributed by atoms with van der Waals surface area (Å²) in [6.07, 6.45) is 7.44. The molecule has 0 saturated heterocycles. The van der Waals surface area contributed by atoms with Gasteiger partial charge in [-0.05, 0) is 30.5 Å². The van der Waals surface area contributed by atoms with Gasteiger partial charge in [-0.25, -0.2) is 9.37 Å². The van der Waals surface area contributed by atoms with Gasteiger partial charge >= 0.3 is 0 Å². The lowest BCUT2D eigenvalue weighted by atomic mass is 9.79. The number of hydrogen-bond acceptors (Lipinski definition) is 2. The molecule has 1 aromatic heterocycles. The van der Waals surface area contributed by atoms with Crippen molar-refractivity contribution in [2.24, 2.45) is 5.92 Å². The molecule has 0 spiro atoms. The Balaban J connectivity index is 1.85.